The minimum absolute atomic E-state index is 0.0445. The Hall–Kier alpha value is -2.99. The van der Waals surface area contributed by atoms with Gasteiger partial charge in [-0.05, 0) is 30.7 Å². The van der Waals surface area contributed by atoms with Gasteiger partial charge in [-0.2, -0.15) is 0 Å². The van der Waals surface area contributed by atoms with Crippen molar-refractivity contribution in [3.05, 3.63) is 35.4 Å². The number of carbonyl (C=O) groups is 3. The molecule has 0 saturated carbocycles. The first kappa shape index (κ1) is 29.0. The third-order valence-corrected chi connectivity index (χ3v) is 6.57. The van der Waals surface area contributed by atoms with Crippen molar-refractivity contribution in [3.8, 4) is 0 Å². The number of amides is 3. The largest absolute Gasteiger partial charge is 0.384 e. The number of rotatable bonds is 15. The summed E-state index contributed by atoms with van der Waals surface area (Å²) in [7, 11) is -3.66. The smallest absolute Gasteiger partial charge is 0.242 e. The Balaban J connectivity index is 2.92. The molecule has 11 nitrogen and oxygen atoms in total. The molecule has 3 amide bonds. The second kappa shape index (κ2) is 13.7. The number of hydrogen-bond acceptors (Lipinski definition) is 6. The zero-order valence-corrected chi connectivity index (χ0v) is 20.7. The lowest BCUT2D eigenvalue weighted by molar-refractivity contribution is -0.130. The highest BCUT2D eigenvalue weighted by Gasteiger charge is 2.30. The first-order valence-corrected chi connectivity index (χ1v) is 12.8. The Morgan fingerprint density at radius 2 is 1.68 bits per heavy atom. The Labute approximate surface area is 201 Å². The summed E-state index contributed by atoms with van der Waals surface area (Å²) in [5.74, 6) is -2.17. The highest BCUT2D eigenvalue weighted by Crippen LogP contribution is 2.09. The van der Waals surface area contributed by atoms with Gasteiger partial charge in [0.05, 0.1) is 5.75 Å². The van der Waals surface area contributed by atoms with Gasteiger partial charge in [-0.3, -0.25) is 19.8 Å². The second-order valence-corrected chi connectivity index (χ2v) is 10.3. The summed E-state index contributed by atoms with van der Waals surface area (Å²) < 4.78 is 26.8. The van der Waals surface area contributed by atoms with Gasteiger partial charge in [0.2, 0.25) is 27.7 Å². The molecule has 34 heavy (non-hydrogen) atoms. The number of nitrogens with two attached hydrogens (primary N) is 2. The van der Waals surface area contributed by atoms with Crippen molar-refractivity contribution in [1.82, 2.24) is 15.4 Å². The SMILES string of the molecule is CCCS(=O)(=O)NC(C(=O)NC(CCCC(N)=O)C(=O)NCc1ccc(C(=N)N)cc1)C(C)C. The summed E-state index contributed by atoms with van der Waals surface area (Å²) in [6, 6.07) is 4.71. The molecule has 0 aliphatic rings. The molecule has 1 aromatic carbocycles. The maximum atomic E-state index is 12.9. The van der Waals surface area contributed by atoms with E-state index in [4.69, 9.17) is 16.9 Å². The molecule has 0 fully saturated rings. The summed E-state index contributed by atoms with van der Waals surface area (Å²) in [5.41, 5.74) is 11.9. The number of primary amides is 1. The van der Waals surface area contributed by atoms with Gasteiger partial charge in [0, 0.05) is 18.5 Å². The van der Waals surface area contributed by atoms with Gasteiger partial charge in [-0.25, -0.2) is 13.1 Å². The van der Waals surface area contributed by atoms with E-state index < -0.39 is 39.8 Å². The van der Waals surface area contributed by atoms with Crippen LogP contribution in [0.5, 0.6) is 0 Å². The van der Waals surface area contributed by atoms with Crippen molar-refractivity contribution < 1.29 is 22.8 Å². The Morgan fingerprint density at radius 3 is 2.18 bits per heavy atom. The lowest BCUT2D eigenvalue weighted by Crippen LogP contribution is -2.55. The molecule has 0 aromatic heterocycles. The average Bonchev–Trinajstić information content (AvgIpc) is 2.74. The molecule has 190 valence electrons. The topological polar surface area (TPSA) is 197 Å². The van der Waals surface area contributed by atoms with E-state index in [1.165, 1.54) is 0 Å². The lowest BCUT2D eigenvalue weighted by atomic mass is 10.0. The summed E-state index contributed by atoms with van der Waals surface area (Å²) in [4.78, 5) is 36.9. The van der Waals surface area contributed by atoms with Crippen LogP contribution < -0.4 is 26.8 Å². The number of benzene rings is 1. The Morgan fingerprint density at radius 1 is 1.06 bits per heavy atom. The zero-order chi connectivity index (χ0) is 25.9. The molecule has 1 rings (SSSR count). The molecular weight excluding hydrogens is 460 g/mol. The molecule has 12 heteroatoms. The maximum Gasteiger partial charge on any atom is 0.242 e. The average molecular weight is 497 g/mol. The van der Waals surface area contributed by atoms with Crippen molar-refractivity contribution in [3.63, 3.8) is 0 Å². The van der Waals surface area contributed by atoms with Crippen LogP contribution in [0.1, 0.15) is 57.6 Å². The second-order valence-electron chi connectivity index (χ2n) is 8.41. The third kappa shape index (κ3) is 10.3. The minimum atomic E-state index is -3.66. The zero-order valence-electron chi connectivity index (χ0n) is 19.9. The van der Waals surface area contributed by atoms with E-state index in [1.807, 2.05) is 0 Å². The molecule has 2 atom stereocenters. The van der Waals surface area contributed by atoms with E-state index in [1.54, 1.807) is 45.0 Å². The molecule has 8 N–H and O–H groups in total. The monoisotopic (exact) mass is 496 g/mol. The number of sulfonamides is 1. The van der Waals surface area contributed by atoms with Gasteiger partial charge in [0.15, 0.2) is 0 Å². The van der Waals surface area contributed by atoms with E-state index in [-0.39, 0.29) is 43.3 Å². The Kier molecular flexibility index (Phi) is 11.7. The van der Waals surface area contributed by atoms with Gasteiger partial charge < -0.3 is 22.1 Å². The van der Waals surface area contributed by atoms with E-state index in [0.29, 0.717) is 12.0 Å². The van der Waals surface area contributed by atoms with Crippen molar-refractivity contribution >= 4 is 33.6 Å². The fourth-order valence-electron chi connectivity index (χ4n) is 3.14. The molecule has 0 bridgehead atoms. The molecule has 0 aliphatic carbocycles. The highest BCUT2D eigenvalue weighted by atomic mass is 32.2. The van der Waals surface area contributed by atoms with E-state index in [9.17, 15) is 22.8 Å². The summed E-state index contributed by atoms with van der Waals surface area (Å²) in [5, 5.41) is 12.8. The van der Waals surface area contributed by atoms with E-state index in [0.717, 1.165) is 5.56 Å². The molecular formula is C22H36N6O5S. The molecule has 0 saturated heterocycles. The van der Waals surface area contributed by atoms with Crippen LogP contribution in [0.25, 0.3) is 0 Å². The normalized spacial score (nSPS) is 13.2. The van der Waals surface area contributed by atoms with Crippen LogP contribution in [0.4, 0.5) is 0 Å². The number of carbonyl (C=O) groups excluding carboxylic acids is 3. The predicted molar refractivity (Wildman–Crippen MR) is 130 cm³/mol. The van der Waals surface area contributed by atoms with Gasteiger partial charge in [0.25, 0.3) is 0 Å². The van der Waals surface area contributed by atoms with E-state index in [2.05, 4.69) is 15.4 Å². The van der Waals surface area contributed by atoms with Crippen molar-refractivity contribution in [2.75, 3.05) is 5.75 Å². The molecule has 1 aromatic rings. The first-order chi connectivity index (χ1) is 15.9. The standard InChI is InChI=1S/C22H36N6O5S/c1-4-12-34(32,33)28-19(14(2)3)22(31)27-17(6-5-7-18(23)29)21(30)26-13-15-8-10-16(11-9-15)20(24)25/h8-11,14,17,19,28H,4-7,12-13H2,1-3H3,(H2,23,29)(H3,24,25)(H,26,30)(H,27,31). The minimum Gasteiger partial charge on any atom is -0.384 e. The quantitative estimate of drug-likeness (QED) is 0.147. The van der Waals surface area contributed by atoms with Crippen molar-refractivity contribution in [2.24, 2.45) is 17.4 Å². The number of nitrogens with one attached hydrogen (secondary N) is 4. The predicted octanol–water partition coefficient (Wildman–Crippen LogP) is 0.0813. The third-order valence-electron chi connectivity index (χ3n) is 5.01. The lowest BCUT2D eigenvalue weighted by Gasteiger charge is -2.25. The van der Waals surface area contributed by atoms with Crippen LogP contribution in [0.2, 0.25) is 0 Å². The van der Waals surface area contributed by atoms with Gasteiger partial charge in [0.1, 0.15) is 17.9 Å². The van der Waals surface area contributed by atoms with Crippen LogP contribution in [0.3, 0.4) is 0 Å². The fraction of sp³-hybridized carbons (Fsp3) is 0.545. The number of nitrogen functional groups attached to an aromatic ring is 1. The van der Waals surface area contributed by atoms with Gasteiger partial charge in [-0.1, -0.05) is 45.0 Å². The van der Waals surface area contributed by atoms with Crippen LogP contribution >= 0.6 is 0 Å². The molecule has 0 aliphatic heterocycles. The molecule has 0 spiro atoms. The van der Waals surface area contributed by atoms with Crippen LogP contribution in [0.15, 0.2) is 24.3 Å². The number of amidine groups is 1. The molecule has 2 unspecified atom stereocenters. The van der Waals surface area contributed by atoms with Crippen LogP contribution in [-0.4, -0.2) is 49.8 Å². The van der Waals surface area contributed by atoms with Gasteiger partial charge in [-0.15, -0.1) is 0 Å². The van der Waals surface area contributed by atoms with Crippen molar-refractivity contribution in [2.45, 2.75) is 65.1 Å². The van der Waals surface area contributed by atoms with Gasteiger partial charge >= 0.3 is 0 Å². The molecule has 0 heterocycles. The van der Waals surface area contributed by atoms with E-state index >= 15 is 0 Å². The van der Waals surface area contributed by atoms with Crippen molar-refractivity contribution in [1.29, 1.82) is 5.41 Å². The first-order valence-electron chi connectivity index (χ1n) is 11.2. The fourth-order valence-corrected chi connectivity index (χ4v) is 4.56. The molecule has 0 radical (unpaired) electrons. The summed E-state index contributed by atoms with van der Waals surface area (Å²) in [6.45, 7) is 5.28. The maximum absolute atomic E-state index is 12.9. The summed E-state index contributed by atoms with van der Waals surface area (Å²) >= 11 is 0. The summed E-state index contributed by atoms with van der Waals surface area (Å²) in [6.07, 6.45) is 0.863. The van der Waals surface area contributed by atoms with Crippen LogP contribution in [0, 0.1) is 11.3 Å². The Bertz CT molecular complexity index is 963. The number of hydrogen-bond donors (Lipinski definition) is 6. The highest BCUT2D eigenvalue weighted by molar-refractivity contribution is 7.89. The van der Waals surface area contributed by atoms with Crippen LogP contribution in [-0.2, 0) is 31.0 Å².